The summed E-state index contributed by atoms with van der Waals surface area (Å²) in [5.41, 5.74) is 3.69. The summed E-state index contributed by atoms with van der Waals surface area (Å²) in [6.07, 6.45) is 11.0. The van der Waals surface area contributed by atoms with Crippen LogP contribution in [0.2, 0.25) is 0 Å². The van der Waals surface area contributed by atoms with Gasteiger partial charge < -0.3 is 37.3 Å². The first-order chi connectivity index (χ1) is 23.4. The molecule has 3 atom stereocenters. The molecule has 2 fully saturated rings. The van der Waals surface area contributed by atoms with Gasteiger partial charge in [-0.15, -0.1) is 0 Å². The Hall–Kier alpha value is -4.05. The topological polar surface area (TPSA) is 102 Å². The van der Waals surface area contributed by atoms with Crippen LogP contribution in [-0.4, -0.2) is 42.6 Å². The fourth-order valence-electron chi connectivity index (χ4n) is 6.82. The third-order valence-corrected chi connectivity index (χ3v) is 9.94. The van der Waals surface area contributed by atoms with Crippen LogP contribution in [0.3, 0.4) is 0 Å². The minimum Gasteiger partial charge on any atom is -0.489 e. The monoisotopic (exact) mass is 670 g/mol. The predicted octanol–water partition coefficient (Wildman–Crippen LogP) is 8.80. The number of epoxide rings is 1. The molecule has 7 rings (SSSR count). The molecule has 260 valence electrons. The first kappa shape index (κ1) is 33.4. The second kappa shape index (κ2) is 13.0. The van der Waals surface area contributed by atoms with Crippen molar-refractivity contribution < 1.29 is 37.3 Å². The number of hydrogen-bond acceptors (Lipinski definition) is 9. The van der Waals surface area contributed by atoms with Gasteiger partial charge in [0.2, 0.25) is 0 Å². The van der Waals surface area contributed by atoms with Crippen LogP contribution in [0.5, 0.6) is 17.2 Å². The Morgan fingerprint density at radius 2 is 1.53 bits per heavy atom. The number of rotatable bonds is 12. The van der Waals surface area contributed by atoms with E-state index >= 15 is 0 Å². The van der Waals surface area contributed by atoms with Gasteiger partial charge in [-0.3, -0.25) is 0 Å². The molecule has 0 aliphatic carbocycles. The van der Waals surface area contributed by atoms with Gasteiger partial charge in [-0.05, 0) is 110 Å². The first-order valence-corrected chi connectivity index (χ1v) is 17.3. The Kier molecular flexibility index (Phi) is 8.88. The maximum atomic E-state index is 11.8. The SMILES string of the molecule is C/C(=C\COc1ccc2c(c1)O[C@]1(CC2)OC(CC/C(C)=C/COc2c3ccoc3cc3oc(=O)ccc23)C(C)(C)O1)CCC1OC1(C)C. The fraction of sp³-hybridized carbons (Fsp3) is 0.475. The highest BCUT2D eigenvalue weighted by molar-refractivity contribution is 6.01. The van der Waals surface area contributed by atoms with Crippen LogP contribution in [0.15, 0.2) is 85.7 Å². The summed E-state index contributed by atoms with van der Waals surface area (Å²) in [5.74, 6) is 0.990. The molecule has 3 aliphatic rings. The number of benzene rings is 2. The van der Waals surface area contributed by atoms with Crippen molar-refractivity contribution in [3.63, 3.8) is 0 Å². The third kappa shape index (κ3) is 7.30. The first-order valence-electron chi connectivity index (χ1n) is 17.3. The summed E-state index contributed by atoms with van der Waals surface area (Å²) in [6.45, 7) is 13.5. The van der Waals surface area contributed by atoms with Crippen molar-refractivity contribution in [1.82, 2.24) is 0 Å². The molecule has 0 saturated carbocycles. The Morgan fingerprint density at radius 3 is 2.27 bits per heavy atom. The second-order valence-electron chi connectivity index (χ2n) is 14.6. The molecule has 2 saturated heterocycles. The van der Waals surface area contributed by atoms with Crippen LogP contribution in [0.1, 0.15) is 79.2 Å². The van der Waals surface area contributed by atoms with E-state index in [1.165, 1.54) is 17.2 Å². The van der Waals surface area contributed by atoms with Crippen LogP contribution < -0.4 is 19.8 Å². The number of aryl methyl sites for hydroxylation is 1. The lowest BCUT2D eigenvalue weighted by Crippen LogP contribution is -2.42. The molecule has 0 radical (unpaired) electrons. The van der Waals surface area contributed by atoms with Crippen LogP contribution in [-0.2, 0) is 20.6 Å². The van der Waals surface area contributed by atoms with Gasteiger partial charge in [0.25, 0.3) is 0 Å². The lowest BCUT2D eigenvalue weighted by Gasteiger charge is -2.34. The van der Waals surface area contributed by atoms with Crippen molar-refractivity contribution in [2.45, 2.75) is 109 Å². The minimum absolute atomic E-state index is 0.0306. The molecule has 0 bridgehead atoms. The van der Waals surface area contributed by atoms with Crippen molar-refractivity contribution >= 4 is 21.9 Å². The van der Waals surface area contributed by atoms with Gasteiger partial charge in [0.15, 0.2) is 0 Å². The molecule has 4 aromatic rings. The summed E-state index contributed by atoms with van der Waals surface area (Å²) in [4.78, 5) is 11.8. The maximum absolute atomic E-state index is 11.8. The second-order valence-corrected chi connectivity index (χ2v) is 14.6. The zero-order valence-corrected chi connectivity index (χ0v) is 29.3. The number of ether oxygens (including phenoxy) is 6. The van der Waals surface area contributed by atoms with Gasteiger partial charge >= 0.3 is 11.6 Å². The molecule has 2 aromatic carbocycles. The summed E-state index contributed by atoms with van der Waals surface area (Å²) >= 11 is 0. The highest BCUT2D eigenvalue weighted by Crippen LogP contribution is 2.46. The molecule has 49 heavy (non-hydrogen) atoms. The summed E-state index contributed by atoms with van der Waals surface area (Å²) in [5, 5.41) is 1.55. The van der Waals surface area contributed by atoms with Gasteiger partial charge in [-0.25, -0.2) is 4.79 Å². The zero-order chi connectivity index (χ0) is 34.4. The minimum atomic E-state index is -1.13. The van der Waals surface area contributed by atoms with E-state index in [2.05, 4.69) is 59.8 Å². The lowest BCUT2D eigenvalue weighted by atomic mass is 9.96. The molecular weight excluding hydrogens is 624 g/mol. The van der Waals surface area contributed by atoms with E-state index in [4.69, 9.17) is 37.3 Å². The highest BCUT2D eigenvalue weighted by atomic mass is 16.9. The summed E-state index contributed by atoms with van der Waals surface area (Å²) in [7, 11) is 0. The average molecular weight is 671 g/mol. The van der Waals surface area contributed by atoms with Crippen LogP contribution in [0.4, 0.5) is 0 Å². The number of allylic oxidation sites excluding steroid dienone is 2. The Balaban J connectivity index is 0.935. The third-order valence-electron chi connectivity index (χ3n) is 9.94. The van der Waals surface area contributed by atoms with E-state index in [0.29, 0.717) is 42.7 Å². The quantitative estimate of drug-likeness (QED) is 0.0831. The van der Waals surface area contributed by atoms with Gasteiger partial charge in [-0.1, -0.05) is 17.2 Å². The molecule has 2 unspecified atom stereocenters. The predicted molar refractivity (Wildman–Crippen MR) is 186 cm³/mol. The van der Waals surface area contributed by atoms with E-state index < -0.39 is 17.2 Å². The van der Waals surface area contributed by atoms with Crippen molar-refractivity contribution in [3.05, 3.63) is 88.0 Å². The number of hydrogen-bond donors (Lipinski definition) is 0. The average Bonchev–Trinajstić information content (AvgIpc) is 3.31. The van der Waals surface area contributed by atoms with Gasteiger partial charge in [0.05, 0.1) is 40.4 Å². The van der Waals surface area contributed by atoms with Crippen LogP contribution in [0, 0.1) is 0 Å². The largest absolute Gasteiger partial charge is 0.489 e. The molecule has 3 aliphatic heterocycles. The molecule has 9 nitrogen and oxygen atoms in total. The van der Waals surface area contributed by atoms with E-state index in [1.54, 1.807) is 18.4 Å². The van der Waals surface area contributed by atoms with Crippen molar-refractivity contribution in [3.8, 4) is 17.2 Å². The molecule has 2 aromatic heterocycles. The number of furan rings is 1. The molecule has 0 amide bonds. The van der Waals surface area contributed by atoms with Crippen molar-refractivity contribution in [2.24, 2.45) is 0 Å². The van der Waals surface area contributed by atoms with Crippen LogP contribution >= 0.6 is 0 Å². The molecule has 0 N–H and O–H groups in total. The lowest BCUT2D eigenvalue weighted by molar-refractivity contribution is -0.312. The van der Waals surface area contributed by atoms with Gasteiger partial charge in [0.1, 0.15) is 41.6 Å². The zero-order valence-electron chi connectivity index (χ0n) is 29.3. The highest BCUT2D eigenvalue weighted by Gasteiger charge is 2.55. The number of fused-ring (bicyclic) bond motifs is 3. The maximum Gasteiger partial charge on any atom is 0.336 e. The molecule has 5 heterocycles. The van der Waals surface area contributed by atoms with Crippen LogP contribution in [0.25, 0.3) is 21.9 Å². The Bertz CT molecular complexity index is 1960. The Labute approximate surface area is 286 Å². The van der Waals surface area contributed by atoms with E-state index in [-0.39, 0.29) is 11.7 Å². The molecule has 1 spiro atoms. The van der Waals surface area contributed by atoms with Crippen molar-refractivity contribution in [2.75, 3.05) is 13.2 Å². The van der Waals surface area contributed by atoms with Crippen molar-refractivity contribution in [1.29, 1.82) is 0 Å². The smallest absolute Gasteiger partial charge is 0.336 e. The fourth-order valence-corrected chi connectivity index (χ4v) is 6.82. The standard InChI is InChI=1S/C40H46O9/c1-25(7-12-34-38(3,4)47-34)16-20-42-28-10-9-27-15-19-40(46-31(27)23-28)48-35(39(5,6)49-40)13-8-26(2)17-21-44-37-29-11-14-36(41)45-33(29)24-32-30(37)18-22-43-32/h9-11,14,16-18,22-24,34-35H,7-8,12-13,15,19-21H2,1-6H3/b25-16+,26-17+/t34?,35?,40-/m1/s1. The summed E-state index contributed by atoms with van der Waals surface area (Å²) < 4.78 is 48.5. The molecular formula is C40H46O9. The van der Waals surface area contributed by atoms with E-state index in [9.17, 15) is 4.79 Å². The molecule has 9 heteroatoms. The van der Waals surface area contributed by atoms with E-state index in [0.717, 1.165) is 59.9 Å². The summed E-state index contributed by atoms with van der Waals surface area (Å²) in [6, 6.07) is 12.7. The van der Waals surface area contributed by atoms with E-state index in [1.807, 2.05) is 18.2 Å². The Morgan fingerprint density at radius 1 is 0.837 bits per heavy atom. The normalized spacial score (nSPS) is 24.3. The van der Waals surface area contributed by atoms with Gasteiger partial charge in [-0.2, -0.15) is 0 Å². The van der Waals surface area contributed by atoms with Gasteiger partial charge in [0, 0.05) is 24.6 Å².